The van der Waals surface area contributed by atoms with Gasteiger partial charge in [-0.1, -0.05) is 57.2 Å². The molecule has 0 aromatic heterocycles. The van der Waals surface area contributed by atoms with Crippen LogP contribution in [0.25, 0.3) is 0 Å². The van der Waals surface area contributed by atoms with Crippen molar-refractivity contribution in [2.75, 3.05) is 0 Å². The van der Waals surface area contributed by atoms with Gasteiger partial charge < -0.3 is 9.47 Å². The molecule has 3 aromatic carbocycles. The molecule has 0 atom stereocenters. The number of para-hydroxylation sites is 1. The van der Waals surface area contributed by atoms with Gasteiger partial charge in [-0.2, -0.15) is 0 Å². The van der Waals surface area contributed by atoms with Crippen molar-refractivity contribution in [3.05, 3.63) is 65.7 Å². The van der Waals surface area contributed by atoms with Crippen LogP contribution in [0.15, 0.2) is 54.6 Å². The van der Waals surface area contributed by atoms with Crippen LogP contribution in [0.4, 0.5) is 0 Å². The van der Waals surface area contributed by atoms with Crippen molar-refractivity contribution in [3.8, 4) is 23.0 Å². The molecule has 0 radical (unpaired) electrons. The summed E-state index contributed by atoms with van der Waals surface area (Å²) in [5, 5.41) is 0. The fourth-order valence-electron chi connectivity index (χ4n) is 4.06. The molecule has 128 valence electrons. The smallest absolute Gasteiger partial charge is 0.260 e. The molecule has 0 fully saturated rings. The fraction of sp³-hybridized carbons (Fsp3) is 0.217. The van der Waals surface area contributed by atoms with Crippen LogP contribution in [0.2, 0.25) is 0 Å². The lowest BCUT2D eigenvalue weighted by atomic mass is 9.34. The highest BCUT2D eigenvalue weighted by Gasteiger charge is 2.40. The van der Waals surface area contributed by atoms with Gasteiger partial charge in [0, 0.05) is 5.46 Å². The average Bonchev–Trinajstić information content (AvgIpc) is 2.61. The number of aryl methyl sites for hydroxylation is 1. The van der Waals surface area contributed by atoms with Crippen molar-refractivity contribution in [1.82, 2.24) is 0 Å². The predicted octanol–water partition coefficient (Wildman–Crippen LogP) is 4.02. The Balaban J connectivity index is 1.79. The third kappa shape index (κ3) is 2.13. The second-order valence-corrected chi connectivity index (χ2v) is 8.30. The van der Waals surface area contributed by atoms with Gasteiger partial charge in [0.15, 0.2) is 0 Å². The van der Waals surface area contributed by atoms with Crippen molar-refractivity contribution < 1.29 is 9.47 Å². The zero-order valence-electron chi connectivity index (χ0n) is 15.6. The summed E-state index contributed by atoms with van der Waals surface area (Å²) in [4.78, 5) is 0. The summed E-state index contributed by atoms with van der Waals surface area (Å²) in [6, 6.07) is 19.2. The molecule has 2 aliphatic rings. The average molecular weight is 340 g/mol. The molecule has 0 N–H and O–H groups in total. The Morgan fingerprint density at radius 1 is 0.769 bits per heavy atom. The van der Waals surface area contributed by atoms with E-state index in [1.165, 1.54) is 16.5 Å². The van der Waals surface area contributed by atoms with Crippen LogP contribution in [-0.2, 0) is 5.41 Å². The number of hydrogen-bond acceptors (Lipinski definition) is 2. The van der Waals surface area contributed by atoms with Crippen molar-refractivity contribution in [3.63, 3.8) is 0 Å². The molecule has 0 spiro atoms. The third-order valence-corrected chi connectivity index (χ3v) is 5.49. The van der Waals surface area contributed by atoms with E-state index < -0.39 is 0 Å². The Kier molecular flexibility index (Phi) is 3.09. The van der Waals surface area contributed by atoms with Crippen molar-refractivity contribution in [2.45, 2.75) is 33.1 Å². The third-order valence-electron chi connectivity index (χ3n) is 5.49. The van der Waals surface area contributed by atoms with Gasteiger partial charge in [0.25, 0.3) is 6.71 Å². The highest BCUT2D eigenvalue weighted by Crippen LogP contribution is 2.36. The van der Waals surface area contributed by atoms with Crippen LogP contribution in [0.3, 0.4) is 0 Å². The van der Waals surface area contributed by atoms with Crippen LogP contribution >= 0.6 is 0 Å². The number of hydrogen-bond donors (Lipinski definition) is 0. The van der Waals surface area contributed by atoms with E-state index >= 15 is 0 Å². The molecule has 0 saturated carbocycles. The Hall–Kier alpha value is -2.68. The molecule has 26 heavy (non-hydrogen) atoms. The van der Waals surface area contributed by atoms with Gasteiger partial charge in [-0.05, 0) is 52.6 Å². The van der Waals surface area contributed by atoms with Gasteiger partial charge in [0.1, 0.15) is 23.0 Å². The summed E-state index contributed by atoms with van der Waals surface area (Å²) in [7, 11) is 0. The van der Waals surface area contributed by atoms with E-state index in [-0.39, 0.29) is 12.1 Å². The van der Waals surface area contributed by atoms with Gasteiger partial charge in [-0.3, -0.25) is 0 Å². The monoisotopic (exact) mass is 340 g/mol. The molecule has 5 rings (SSSR count). The SMILES string of the molecule is Cc1cccc2c1Oc1cccc3c1B2c1ccc(C(C)(C)C)cc1O3. The minimum atomic E-state index is 0.0880. The quantitative estimate of drug-likeness (QED) is 0.397. The lowest BCUT2D eigenvalue weighted by Crippen LogP contribution is -2.57. The first-order valence-corrected chi connectivity index (χ1v) is 9.16. The summed E-state index contributed by atoms with van der Waals surface area (Å²) in [5.74, 6) is 3.74. The van der Waals surface area contributed by atoms with E-state index in [9.17, 15) is 0 Å². The molecule has 2 aliphatic heterocycles. The van der Waals surface area contributed by atoms with E-state index in [1.54, 1.807) is 0 Å². The molecule has 2 heterocycles. The Labute approximate surface area is 154 Å². The van der Waals surface area contributed by atoms with Gasteiger partial charge in [-0.25, -0.2) is 0 Å². The van der Waals surface area contributed by atoms with Crippen LogP contribution in [-0.4, -0.2) is 6.71 Å². The molecule has 0 aliphatic carbocycles. The normalized spacial score (nSPS) is 13.9. The van der Waals surface area contributed by atoms with Crippen molar-refractivity contribution in [2.24, 2.45) is 0 Å². The van der Waals surface area contributed by atoms with Crippen LogP contribution in [0, 0.1) is 6.92 Å². The van der Waals surface area contributed by atoms with Gasteiger partial charge in [-0.15, -0.1) is 0 Å². The molecule has 0 saturated heterocycles. The highest BCUT2D eigenvalue weighted by molar-refractivity contribution is 6.98. The lowest BCUT2D eigenvalue weighted by molar-refractivity contribution is 0.461. The molecule has 2 nitrogen and oxygen atoms in total. The van der Waals surface area contributed by atoms with Crippen molar-refractivity contribution >= 4 is 23.1 Å². The molecule has 0 amide bonds. The first-order chi connectivity index (χ1) is 12.4. The van der Waals surface area contributed by atoms with Gasteiger partial charge in [0.2, 0.25) is 0 Å². The minimum Gasteiger partial charge on any atom is -0.458 e. The maximum absolute atomic E-state index is 6.33. The molecule has 0 unspecified atom stereocenters. The number of fused-ring (bicyclic) bond motifs is 4. The van der Waals surface area contributed by atoms with E-state index in [2.05, 4.69) is 64.1 Å². The molecule has 3 heteroatoms. The first kappa shape index (κ1) is 15.6. The topological polar surface area (TPSA) is 18.5 Å². The largest absolute Gasteiger partial charge is 0.458 e. The summed E-state index contributed by atoms with van der Waals surface area (Å²) in [6.45, 7) is 8.96. The van der Waals surface area contributed by atoms with Gasteiger partial charge >= 0.3 is 0 Å². The predicted molar refractivity (Wildman–Crippen MR) is 108 cm³/mol. The highest BCUT2D eigenvalue weighted by atomic mass is 16.5. The standard InChI is InChI=1S/C23H21BO2/c1-14-7-5-8-17-22(14)26-19-10-6-9-18-21(19)24(17)16-12-11-15(23(2,3)4)13-20(16)25-18/h5-13H,1-4H3. The maximum Gasteiger partial charge on any atom is 0.260 e. The van der Waals surface area contributed by atoms with Gasteiger partial charge in [0.05, 0.1) is 0 Å². The summed E-state index contributed by atoms with van der Waals surface area (Å²) >= 11 is 0. The minimum absolute atomic E-state index is 0.0880. The van der Waals surface area contributed by atoms with Crippen LogP contribution < -0.4 is 25.9 Å². The van der Waals surface area contributed by atoms with E-state index in [0.717, 1.165) is 34.0 Å². The first-order valence-electron chi connectivity index (χ1n) is 9.16. The second kappa shape index (κ2) is 5.17. The van der Waals surface area contributed by atoms with E-state index in [0.29, 0.717) is 0 Å². The molecular weight excluding hydrogens is 319 g/mol. The lowest BCUT2D eigenvalue weighted by Gasteiger charge is -2.34. The van der Waals surface area contributed by atoms with Crippen LogP contribution in [0.5, 0.6) is 23.0 Å². The van der Waals surface area contributed by atoms with Crippen molar-refractivity contribution in [1.29, 1.82) is 0 Å². The molecule has 0 bridgehead atoms. The van der Waals surface area contributed by atoms with E-state index in [4.69, 9.17) is 9.47 Å². The van der Waals surface area contributed by atoms with Crippen LogP contribution in [0.1, 0.15) is 31.9 Å². The Bertz CT molecular complexity index is 1050. The fourth-order valence-corrected chi connectivity index (χ4v) is 4.06. The van der Waals surface area contributed by atoms with E-state index in [1.807, 2.05) is 18.2 Å². The number of ether oxygens (including phenoxy) is 2. The molecular formula is C23H21BO2. The summed E-state index contributed by atoms with van der Waals surface area (Å²) in [6.07, 6.45) is 0. The number of benzene rings is 3. The zero-order chi connectivity index (χ0) is 18.1. The summed E-state index contributed by atoms with van der Waals surface area (Å²) < 4.78 is 12.6. The maximum atomic E-state index is 6.33. The zero-order valence-corrected chi connectivity index (χ0v) is 15.6. The second-order valence-electron chi connectivity index (χ2n) is 8.30. The Morgan fingerprint density at radius 2 is 1.50 bits per heavy atom. The summed E-state index contributed by atoms with van der Waals surface area (Å²) in [5.41, 5.74) is 6.11. The Morgan fingerprint density at radius 3 is 2.27 bits per heavy atom. The number of rotatable bonds is 0. The molecule has 3 aromatic rings.